The Morgan fingerprint density at radius 2 is 1.59 bits per heavy atom. The zero-order valence-electron chi connectivity index (χ0n) is 16.7. The van der Waals surface area contributed by atoms with Crippen LogP contribution in [0.25, 0.3) is 6.08 Å². The highest BCUT2D eigenvalue weighted by Gasteiger charge is 2.15. The predicted octanol–water partition coefficient (Wildman–Crippen LogP) is 3.63. The van der Waals surface area contributed by atoms with Gasteiger partial charge in [0, 0.05) is 12.1 Å². The number of hydrogen-bond acceptors (Lipinski definition) is 4. The van der Waals surface area contributed by atoms with Gasteiger partial charge in [-0.25, -0.2) is 13.1 Å². The third-order valence-corrected chi connectivity index (χ3v) is 5.76. The number of carboxylic acids is 1. The van der Waals surface area contributed by atoms with Crippen LogP contribution in [-0.4, -0.2) is 31.8 Å². The van der Waals surface area contributed by atoms with E-state index in [0.29, 0.717) is 5.56 Å². The molecule has 154 valence electrons. The van der Waals surface area contributed by atoms with Crippen molar-refractivity contribution in [2.24, 2.45) is 0 Å². The van der Waals surface area contributed by atoms with Crippen molar-refractivity contribution in [2.75, 3.05) is 6.54 Å². The lowest BCUT2D eigenvalue weighted by atomic mass is 9.87. The van der Waals surface area contributed by atoms with Gasteiger partial charge < -0.3 is 5.11 Å². The van der Waals surface area contributed by atoms with Crippen molar-refractivity contribution in [2.45, 2.75) is 37.5 Å². The molecule has 6 nitrogen and oxygen atoms in total. The minimum Gasteiger partial charge on any atom is -0.481 e. The third-order valence-electron chi connectivity index (χ3n) is 4.28. The number of ketones is 1. The molecule has 0 spiro atoms. The summed E-state index contributed by atoms with van der Waals surface area (Å²) in [6, 6.07) is 13.5. The van der Waals surface area contributed by atoms with Crippen molar-refractivity contribution in [3.05, 3.63) is 71.3 Å². The number of nitrogens with one attached hydrogen (secondary N) is 1. The molecule has 2 N–H and O–H groups in total. The minimum absolute atomic E-state index is 0.0267. The second-order valence-corrected chi connectivity index (χ2v) is 9.40. The number of carbonyl (C=O) groups is 2. The van der Waals surface area contributed by atoms with Crippen LogP contribution >= 0.6 is 0 Å². The molecule has 7 heteroatoms. The van der Waals surface area contributed by atoms with Crippen LogP contribution < -0.4 is 4.72 Å². The van der Waals surface area contributed by atoms with Crippen molar-refractivity contribution in [1.29, 1.82) is 0 Å². The number of benzene rings is 2. The van der Waals surface area contributed by atoms with E-state index in [0.717, 1.165) is 5.56 Å². The van der Waals surface area contributed by atoms with E-state index in [1.54, 1.807) is 6.08 Å². The maximum absolute atomic E-state index is 12.3. The van der Waals surface area contributed by atoms with Crippen LogP contribution in [0.4, 0.5) is 0 Å². The lowest BCUT2D eigenvalue weighted by Crippen LogP contribution is -2.26. The first-order chi connectivity index (χ1) is 13.5. The smallest absolute Gasteiger partial charge is 0.304 e. The molecule has 0 atom stereocenters. The zero-order valence-corrected chi connectivity index (χ0v) is 17.5. The average molecular weight is 416 g/mol. The maximum atomic E-state index is 12.3. The van der Waals surface area contributed by atoms with Crippen LogP contribution in [0.1, 0.15) is 48.7 Å². The predicted molar refractivity (Wildman–Crippen MR) is 112 cm³/mol. The Labute approximate surface area is 171 Å². The topological polar surface area (TPSA) is 101 Å². The van der Waals surface area contributed by atoms with Gasteiger partial charge in [0.2, 0.25) is 10.0 Å². The van der Waals surface area contributed by atoms with Crippen molar-refractivity contribution in [3.63, 3.8) is 0 Å². The van der Waals surface area contributed by atoms with E-state index in [9.17, 15) is 18.0 Å². The highest BCUT2D eigenvalue weighted by molar-refractivity contribution is 7.89. The first-order valence-electron chi connectivity index (χ1n) is 9.13. The fourth-order valence-electron chi connectivity index (χ4n) is 2.54. The van der Waals surface area contributed by atoms with Gasteiger partial charge in [0.1, 0.15) is 0 Å². The number of carboxylic acid groups (broad SMARTS) is 1. The molecule has 29 heavy (non-hydrogen) atoms. The van der Waals surface area contributed by atoms with E-state index in [1.807, 2.05) is 24.3 Å². The highest BCUT2D eigenvalue weighted by Crippen LogP contribution is 2.22. The van der Waals surface area contributed by atoms with Crippen LogP contribution in [0.15, 0.2) is 59.5 Å². The fraction of sp³-hybridized carbons (Fsp3) is 0.273. The summed E-state index contributed by atoms with van der Waals surface area (Å²) >= 11 is 0. The summed E-state index contributed by atoms with van der Waals surface area (Å²) in [7, 11) is -3.81. The first-order valence-corrected chi connectivity index (χ1v) is 10.6. The Morgan fingerprint density at radius 3 is 2.10 bits per heavy atom. The zero-order chi connectivity index (χ0) is 21.7. The van der Waals surface area contributed by atoms with Gasteiger partial charge in [-0.15, -0.1) is 0 Å². The summed E-state index contributed by atoms with van der Waals surface area (Å²) in [4.78, 5) is 22.8. The molecular weight excluding hydrogens is 390 g/mol. The summed E-state index contributed by atoms with van der Waals surface area (Å²) in [6.07, 6.45) is 2.85. The molecular formula is C22H25NO5S. The van der Waals surface area contributed by atoms with Gasteiger partial charge in [0.25, 0.3) is 0 Å². The summed E-state index contributed by atoms with van der Waals surface area (Å²) in [5.74, 6) is -1.33. The Bertz CT molecular complexity index is 999. The minimum atomic E-state index is -3.81. The highest BCUT2D eigenvalue weighted by atomic mass is 32.2. The van der Waals surface area contributed by atoms with E-state index in [4.69, 9.17) is 5.11 Å². The van der Waals surface area contributed by atoms with Crippen molar-refractivity contribution in [3.8, 4) is 0 Å². The molecule has 0 saturated carbocycles. The number of allylic oxidation sites excluding steroid dienone is 1. The Morgan fingerprint density at radius 1 is 1.00 bits per heavy atom. The Hall–Kier alpha value is -2.77. The molecule has 2 aromatic rings. The van der Waals surface area contributed by atoms with E-state index in [2.05, 4.69) is 25.5 Å². The summed E-state index contributed by atoms with van der Waals surface area (Å²) in [6.45, 7) is 6.20. The van der Waals surface area contributed by atoms with Crippen LogP contribution in [0, 0.1) is 0 Å². The van der Waals surface area contributed by atoms with Gasteiger partial charge in [-0.3, -0.25) is 9.59 Å². The number of rotatable bonds is 8. The van der Waals surface area contributed by atoms with Gasteiger partial charge in [0.15, 0.2) is 5.78 Å². The van der Waals surface area contributed by atoms with Gasteiger partial charge >= 0.3 is 5.97 Å². The molecule has 0 aliphatic carbocycles. The molecule has 2 rings (SSSR count). The fourth-order valence-corrected chi connectivity index (χ4v) is 3.57. The summed E-state index contributed by atoms with van der Waals surface area (Å²) in [5, 5.41) is 8.58. The van der Waals surface area contributed by atoms with Gasteiger partial charge in [-0.2, -0.15) is 0 Å². The standard InChI is InChI=1S/C22H25NO5S/c1-22(2,3)18-9-4-16(5-10-18)6-13-20(24)17-7-11-19(12-8-17)29(27,28)23-15-14-21(25)26/h4-13,23H,14-15H2,1-3H3,(H,25,26). The van der Waals surface area contributed by atoms with Crippen LogP contribution in [0.2, 0.25) is 0 Å². The molecule has 0 fully saturated rings. The monoisotopic (exact) mass is 415 g/mol. The average Bonchev–Trinajstić information content (AvgIpc) is 2.65. The van der Waals surface area contributed by atoms with Crippen LogP contribution in [0.5, 0.6) is 0 Å². The van der Waals surface area contributed by atoms with E-state index >= 15 is 0 Å². The molecule has 0 radical (unpaired) electrons. The van der Waals surface area contributed by atoms with E-state index < -0.39 is 16.0 Å². The second-order valence-electron chi connectivity index (χ2n) is 7.64. The van der Waals surface area contributed by atoms with Gasteiger partial charge in [-0.05, 0) is 46.9 Å². The first kappa shape index (κ1) is 22.5. The molecule has 0 aliphatic heterocycles. The van der Waals surface area contributed by atoms with Gasteiger partial charge in [0.05, 0.1) is 11.3 Å². The number of aliphatic carboxylic acids is 1. The van der Waals surface area contributed by atoms with Crippen molar-refractivity contribution >= 4 is 27.9 Å². The lowest BCUT2D eigenvalue weighted by Gasteiger charge is -2.18. The lowest BCUT2D eigenvalue weighted by molar-refractivity contribution is -0.136. The maximum Gasteiger partial charge on any atom is 0.304 e. The normalized spacial score (nSPS) is 12.2. The van der Waals surface area contributed by atoms with Crippen LogP contribution in [-0.2, 0) is 20.2 Å². The second kappa shape index (κ2) is 9.15. The number of sulfonamides is 1. The summed E-state index contributed by atoms with van der Waals surface area (Å²) < 4.78 is 26.4. The van der Waals surface area contributed by atoms with E-state index in [1.165, 1.54) is 35.9 Å². The quantitative estimate of drug-likeness (QED) is 0.506. The van der Waals surface area contributed by atoms with E-state index in [-0.39, 0.29) is 29.1 Å². The number of carbonyl (C=O) groups excluding carboxylic acids is 1. The third kappa shape index (κ3) is 6.66. The van der Waals surface area contributed by atoms with Gasteiger partial charge in [-0.1, -0.05) is 51.1 Å². The van der Waals surface area contributed by atoms with Crippen LogP contribution in [0.3, 0.4) is 0 Å². The molecule has 0 heterocycles. The SMILES string of the molecule is CC(C)(C)c1ccc(C=CC(=O)c2ccc(S(=O)(=O)NCCC(=O)O)cc2)cc1. The largest absolute Gasteiger partial charge is 0.481 e. The van der Waals surface area contributed by atoms with Crippen molar-refractivity contribution in [1.82, 2.24) is 4.72 Å². The molecule has 0 saturated heterocycles. The Kier molecular flexibility index (Phi) is 7.11. The molecule has 0 amide bonds. The molecule has 0 aromatic heterocycles. The molecule has 0 bridgehead atoms. The molecule has 0 aliphatic rings. The number of hydrogen-bond donors (Lipinski definition) is 2. The summed E-state index contributed by atoms with van der Waals surface area (Å²) in [5.41, 5.74) is 2.52. The van der Waals surface area contributed by atoms with Crippen molar-refractivity contribution < 1.29 is 23.1 Å². The Balaban J connectivity index is 2.05. The molecule has 0 unspecified atom stereocenters. The molecule has 2 aromatic carbocycles.